The van der Waals surface area contributed by atoms with Crippen LogP contribution in [0.1, 0.15) is 12.8 Å². The zero-order chi connectivity index (χ0) is 8.55. The third kappa shape index (κ3) is 1.37. The minimum atomic E-state index is -1.03. The zero-order valence-electron chi connectivity index (χ0n) is 6.62. The third-order valence-electron chi connectivity index (χ3n) is 2.56. The first-order valence-corrected chi connectivity index (χ1v) is 4.12. The standard InChI is InChI=1S/C7H12N2O3/c10-7(11)9-8-6-2-5-1-4(6)3-12-5/h4-6,8-9H,1-3H2,(H,10,11). The van der Waals surface area contributed by atoms with E-state index in [1.807, 2.05) is 0 Å². The van der Waals surface area contributed by atoms with E-state index in [1.165, 1.54) is 0 Å². The second-order valence-electron chi connectivity index (χ2n) is 3.37. The summed E-state index contributed by atoms with van der Waals surface area (Å²) in [5.41, 5.74) is 4.97. The quantitative estimate of drug-likeness (QED) is 0.510. The van der Waals surface area contributed by atoms with Crippen LogP contribution >= 0.6 is 0 Å². The second kappa shape index (κ2) is 2.91. The molecule has 0 aromatic rings. The molecule has 2 fully saturated rings. The molecule has 68 valence electrons. The number of ether oxygens (including phenoxy) is 1. The summed E-state index contributed by atoms with van der Waals surface area (Å²) in [4.78, 5) is 10.2. The molecular formula is C7H12N2O3. The zero-order valence-corrected chi connectivity index (χ0v) is 6.62. The molecule has 2 aliphatic rings. The van der Waals surface area contributed by atoms with Gasteiger partial charge in [0.15, 0.2) is 0 Å². The summed E-state index contributed by atoms with van der Waals surface area (Å²) in [6.07, 6.45) is 1.31. The molecule has 1 aliphatic carbocycles. The first kappa shape index (κ1) is 7.82. The lowest BCUT2D eigenvalue weighted by Gasteiger charge is -2.22. The van der Waals surface area contributed by atoms with Crippen molar-refractivity contribution < 1.29 is 14.6 Å². The van der Waals surface area contributed by atoms with Gasteiger partial charge in [-0.05, 0) is 12.8 Å². The average Bonchev–Trinajstić information content (AvgIpc) is 2.60. The van der Waals surface area contributed by atoms with Gasteiger partial charge >= 0.3 is 6.09 Å². The van der Waals surface area contributed by atoms with Crippen molar-refractivity contribution in [3.8, 4) is 0 Å². The molecule has 5 heteroatoms. The molecule has 0 aromatic carbocycles. The van der Waals surface area contributed by atoms with E-state index >= 15 is 0 Å². The number of hydrazine groups is 1. The van der Waals surface area contributed by atoms with Crippen LogP contribution in [0.4, 0.5) is 4.79 Å². The van der Waals surface area contributed by atoms with Gasteiger partial charge in [-0.15, -0.1) is 0 Å². The number of nitrogens with one attached hydrogen (secondary N) is 2. The fourth-order valence-electron chi connectivity index (χ4n) is 1.99. The van der Waals surface area contributed by atoms with Crippen LogP contribution in [-0.4, -0.2) is 30.0 Å². The van der Waals surface area contributed by atoms with Gasteiger partial charge in [0.1, 0.15) is 0 Å². The Kier molecular flexibility index (Phi) is 1.90. The smallest absolute Gasteiger partial charge is 0.419 e. The van der Waals surface area contributed by atoms with Gasteiger partial charge < -0.3 is 9.84 Å². The maximum absolute atomic E-state index is 10.2. The molecule has 0 aromatic heterocycles. The van der Waals surface area contributed by atoms with Crippen LogP contribution in [-0.2, 0) is 4.74 Å². The number of amides is 1. The van der Waals surface area contributed by atoms with E-state index < -0.39 is 6.09 Å². The van der Waals surface area contributed by atoms with E-state index in [1.54, 1.807) is 0 Å². The van der Waals surface area contributed by atoms with Gasteiger partial charge in [-0.1, -0.05) is 0 Å². The van der Waals surface area contributed by atoms with Crippen molar-refractivity contribution in [2.24, 2.45) is 5.92 Å². The summed E-state index contributed by atoms with van der Waals surface area (Å²) < 4.78 is 5.37. The van der Waals surface area contributed by atoms with E-state index in [4.69, 9.17) is 9.84 Å². The Morgan fingerprint density at radius 2 is 2.33 bits per heavy atom. The number of hydrogen-bond donors (Lipinski definition) is 3. The van der Waals surface area contributed by atoms with Crippen molar-refractivity contribution in [1.82, 2.24) is 10.9 Å². The molecule has 0 spiro atoms. The van der Waals surface area contributed by atoms with Crippen molar-refractivity contribution in [2.45, 2.75) is 25.0 Å². The number of carbonyl (C=O) groups is 1. The number of hydrogen-bond acceptors (Lipinski definition) is 3. The Bertz CT molecular complexity index is 197. The van der Waals surface area contributed by atoms with E-state index in [0.29, 0.717) is 12.0 Å². The molecule has 3 atom stereocenters. The minimum Gasteiger partial charge on any atom is -0.464 e. The molecule has 0 radical (unpaired) electrons. The molecule has 1 aliphatic heterocycles. The molecule has 3 N–H and O–H groups in total. The van der Waals surface area contributed by atoms with Crippen LogP contribution < -0.4 is 10.9 Å². The molecule has 1 saturated carbocycles. The minimum absolute atomic E-state index is 0.264. The Morgan fingerprint density at radius 1 is 1.50 bits per heavy atom. The fourth-order valence-corrected chi connectivity index (χ4v) is 1.99. The van der Waals surface area contributed by atoms with Gasteiger partial charge in [-0.25, -0.2) is 10.2 Å². The summed E-state index contributed by atoms with van der Waals surface area (Å²) in [6.45, 7) is 0.767. The van der Waals surface area contributed by atoms with Crippen molar-refractivity contribution in [3.63, 3.8) is 0 Å². The van der Waals surface area contributed by atoms with Crippen LogP contribution in [0, 0.1) is 5.92 Å². The first-order valence-electron chi connectivity index (χ1n) is 4.12. The Labute approximate surface area is 70.1 Å². The van der Waals surface area contributed by atoms with Crippen LogP contribution in [0.3, 0.4) is 0 Å². The Balaban J connectivity index is 1.79. The van der Waals surface area contributed by atoms with E-state index in [9.17, 15) is 4.79 Å². The van der Waals surface area contributed by atoms with E-state index in [-0.39, 0.29) is 6.04 Å². The van der Waals surface area contributed by atoms with Gasteiger partial charge in [-0.2, -0.15) is 0 Å². The van der Waals surface area contributed by atoms with Crippen molar-refractivity contribution in [2.75, 3.05) is 6.61 Å². The number of carboxylic acid groups (broad SMARTS) is 1. The molecule has 1 amide bonds. The SMILES string of the molecule is O=C(O)NNC1CC2CC1CO2. The summed E-state index contributed by atoms with van der Waals surface area (Å²) >= 11 is 0. The fraction of sp³-hybridized carbons (Fsp3) is 0.857. The summed E-state index contributed by atoms with van der Waals surface area (Å²) in [6, 6.07) is 0.264. The highest BCUT2D eigenvalue weighted by Gasteiger charge is 2.40. The lowest BCUT2D eigenvalue weighted by atomic mass is 10.1. The summed E-state index contributed by atoms with van der Waals surface area (Å²) in [5, 5.41) is 8.34. The number of fused-ring (bicyclic) bond motifs is 2. The molecule has 3 unspecified atom stereocenters. The van der Waals surface area contributed by atoms with Crippen LogP contribution in [0.2, 0.25) is 0 Å². The van der Waals surface area contributed by atoms with Crippen LogP contribution in [0.15, 0.2) is 0 Å². The largest absolute Gasteiger partial charge is 0.464 e. The molecule has 2 rings (SSSR count). The molecule has 1 heterocycles. The first-order chi connectivity index (χ1) is 5.75. The van der Waals surface area contributed by atoms with E-state index in [2.05, 4.69) is 10.9 Å². The predicted octanol–water partition coefficient (Wildman–Crippen LogP) is -0.0640. The second-order valence-corrected chi connectivity index (χ2v) is 3.37. The van der Waals surface area contributed by atoms with Gasteiger partial charge in [0.05, 0.1) is 12.7 Å². The Morgan fingerprint density at radius 3 is 2.83 bits per heavy atom. The maximum Gasteiger partial charge on any atom is 0.419 e. The summed E-state index contributed by atoms with van der Waals surface area (Å²) in [5.74, 6) is 0.488. The van der Waals surface area contributed by atoms with Gasteiger partial charge in [0.2, 0.25) is 0 Å². The van der Waals surface area contributed by atoms with Gasteiger partial charge in [-0.3, -0.25) is 5.43 Å². The third-order valence-corrected chi connectivity index (χ3v) is 2.56. The van der Waals surface area contributed by atoms with Crippen molar-refractivity contribution in [1.29, 1.82) is 0 Å². The lowest BCUT2D eigenvalue weighted by Crippen LogP contribution is -2.47. The van der Waals surface area contributed by atoms with E-state index in [0.717, 1.165) is 19.4 Å². The van der Waals surface area contributed by atoms with Crippen molar-refractivity contribution >= 4 is 6.09 Å². The van der Waals surface area contributed by atoms with Crippen LogP contribution in [0.5, 0.6) is 0 Å². The molecule has 2 bridgehead atoms. The highest BCUT2D eigenvalue weighted by Crippen LogP contribution is 2.34. The lowest BCUT2D eigenvalue weighted by molar-refractivity contribution is 0.0592. The maximum atomic E-state index is 10.2. The molecule has 12 heavy (non-hydrogen) atoms. The van der Waals surface area contributed by atoms with Crippen LogP contribution in [0.25, 0.3) is 0 Å². The van der Waals surface area contributed by atoms with Crippen molar-refractivity contribution in [3.05, 3.63) is 0 Å². The highest BCUT2D eigenvalue weighted by atomic mass is 16.5. The Hall–Kier alpha value is -0.810. The molecule has 1 saturated heterocycles. The normalized spacial score (nSPS) is 38.5. The monoisotopic (exact) mass is 172 g/mol. The van der Waals surface area contributed by atoms with Gasteiger partial charge in [0, 0.05) is 12.0 Å². The topological polar surface area (TPSA) is 70.6 Å². The van der Waals surface area contributed by atoms with Gasteiger partial charge in [0.25, 0.3) is 0 Å². The highest BCUT2D eigenvalue weighted by molar-refractivity contribution is 5.63. The molecular weight excluding hydrogens is 160 g/mol. The molecule has 5 nitrogen and oxygen atoms in total. The average molecular weight is 172 g/mol. The predicted molar refractivity (Wildman–Crippen MR) is 40.5 cm³/mol. The summed E-state index contributed by atoms with van der Waals surface area (Å²) in [7, 11) is 0. The number of rotatable bonds is 2.